The van der Waals surface area contributed by atoms with Crippen molar-refractivity contribution in [2.45, 2.75) is 19.1 Å². The lowest BCUT2D eigenvalue weighted by Crippen LogP contribution is -2.32. The Morgan fingerprint density at radius 2 is 2.43 bits per heavy atom. The van der Waals surface area contributed by atoms with E-state index in [2.05, 4.69) is 4.98 Å². The molecule has 1 rings (SSSR count). The number of alkyl halides is 1. The summed E-state index contributed by atoms with van der Waals surface area (Å²) in [6, 6.07) is 2.14. The summed E-state index contributed by atoms with van der Waals surface area (Å²) in [5.74, 6) is -1.11. The summed E-state index contributed by atoms with van der Waals surface area (Å²) in [6.07, 6.45) is 1.54. The van der Waals surface area contributed by atoms with E-state index >= 15 is 0 Å². The van der Waals surface area contributed by atoms with Crippen LogP contribution in [0.3, 0.4) is 0 Å². The molecule has 5 heteroatoms. The van der Waals surface area contributed by atoms with Gasteiger partial charge in [0, 0.05) is 23.9 Å². The maximum atomic E-state index is 12.4. The second kappa shape index (κ2) is 4.66. The highest BCUT2D eigenvalue weighted by atomic mass is 18.2. The SMILES string of the molecule is NC(Cc1ncccc1C[18F])C(=O)O. The van der Waals surface area contributed by atoms with Gasteiger partial charge in [-0.25, -0.2) is 4.39 Å². The average Bonchev–Trinajstić information content (AvgIpc) is 2.18. The molecule has 0 aromatic carbocycles. The van der Waals surface area contributed by atoms with E-state index in [1.54, 1.807) is 12.1 Å². The molecule has 0 aliphatic heterocycles. The molecular formula is C9H11FN2O2. The molecule has 1 aromatic heterocycles. The van der Waals surface area contributed by atoms with Gasteiger partial charge in [-0.1, -0.05) is 6.07 Å². The minimum absolute atomic E-state index is 0.0510. The van der Waals surface area contributed by atoms with Gasteiger partial charge in [0.05, 0.1) is 0 Å². The monoisotopic (exact) mass is 197 g/mol. The zero-order chi connectivity index (χ0) is 10.6. The largest absolute Gasteiger partial charge is 0.480 e. The van der Waals surface area contributed by atoms with Crippen molar-refractivity contribution in [2.75, 3.05) is 0 Å². The smallest absolute Gasteiger partial charge is 0.320 e. The zero-order valence-corrected chi connectivity index (χ0v) is 7.48. The molecule has 4 nitrogen and oxygen atoms in total. The molecule has 0 bridgehead atoms. The van der Waals surface area contributed by atoms with E-state index in [1.165, 1.54) is 6.20 Å². The number of pyridine rings is 1. The van der Waals surface area contributed by atoms with Crippen LogP contribution in [0.5, 0.6) is 0 Å². The summed E-state index contributed by atoms with van der Waals surface area (Å²) in [7, 11) is 0. The maximum Gasteiger partial charge on any atom is 0.320 e. The second-order valence-electron chi connectivity index (χ2n) is 2.89. The summed E-state index contributed by atoms with van der Waals surface area (Å²) < 4.78 is 12.4. The molecule has 0 saturated heterocycles. The van der Waals surface area contributed by atoms with Gasteiger partial charge in [0.15, 0.2) is 0 Å². The molecule has 0 aliphatic rings. The van der Waals surface area contributed by atoms with Crippen LogP contribution in [-0.4, -0.2) is 22.1 Å². The molecule has 1 unspecified atom stereocenters. The number of halogens is 1. The number of carbonyl (C=O) groups is 1. The van der Waals surface area contributed by atoms with Crippen LogP contribution in [-0.2, 0) is 17.9 Å². The summed E-state index contributed by atoms with van der Waals surface area (Å²) in [4.78, 5) is 14.3. The van der Waals surface area contributed by atoms with Crippen molar-refractivity contribution < 1.29 is 14.3 Å². The number of carboxylic acid groups (broad SMARTS) is 1. The van der Waals surface area contributed by atoms with Crippen LogP contribution in [0, 0.1) is 0 Å². The predicted octanol–water partition coefficient (Wildman–Crippen LogP) is 0.505. The number of hydrogen-bond donors (Lipinski definition) is 2. The van der Waals surface area contributed by atoms with E-state index in [-0.39, 0.29) is 6.42 Å². The number of aromatic nitrogens is 1. The molecule has 76 valence electrons. The first-order valence-corrected chi connectivity index (χ1v) is 4.12. The fraction of sp³-hybridized carbons (Fsp3) is 0.333. The van der Waals surface area contributed by atoms with Gasteiger partial charge in [-0.15, -0.1) is 0 Å². The lowest BCUT2D eigenvalue weighted by atomic mass is 10.1. The fourth-order valence-electron chi connectivity index (χ4n) is 1.07. The third-order valence-electron chi connectivity index (χ3n) is 1.86. The normalized spacial score (nSPS) is 12.4. The number of hydrogen-bond acceptors (Lipinski definition) is 3. The van der Waals surface area contributed by atoms with Crippen LogP contribution in [0.15, 0.2) is 18.3 Å². The Morgan fingerprint density at radius 1 is 1.71 bits per heavy atom. The summed E-state index contributed by atoms with van der Waals surface area (Å²) in [5, 5.41) is 8.56. The topological polar surface area (TPSA) is 76.2 Å². The molecule has 0 fully saturated rings. The number of carboxylic acids is 1. The van der Waals surface area contributed by atoms with Gasteiger partial charge in [-0.2, -0.15) is 0 Å². The number of rotatable bonds is 4. The zero-order valence-electron chi connectivity index (χ0n) is 7.48. The van der Waals surface area contributed by atoms with Crippen molar-refractivity contribution in [1.82, 2.24) is 4.98 Å². The van der Waals surface area contributed by atoms with Crippen LogP contribution in [0.2, 0.25) is 0 Å². The highest BCUT2D eigenvalue weighted by Crippen LogP contribution is 2.08. The first-order chi connectivity index (χ1) is 6.65. The molecule has 0 radical (unpaired) electrons. The van der Waals surface area contributed by atoms with Crippen molar-refractivity contribution in [3.05, 3.63) is 29.6 Å². The van der Waals surface area contributed by atoms with Crippen molar-refractivity contribution in [3.8, 4) is 0 Å². The van der Waals surface area contributed by atoms with Crippen molar-refractivity contribution in [3.63, 3.8) is 0 Å². The van der Waals surface area contributed by atoms with Crippen LogP contribution in [0.25, 0.3) is 0 Å². The molecule has 0 aliphatic carbocycles. The van der Waals surface area contributed by atoms with Crippen molar-refractivity contribution in [1.29, 1.82) is 0 Å². The van der Waals surface area contributed by atoms with Crippen LogP contribution in [0.1, 0.15) is 11.3 Å². The summed E-state index contributed by atoms with van der Waals surface area (Å²) in [6.45, 7) is -0.657. The highest BCUT2D eigenvalue weighted by Gasteiger charge is 2.14. The number of nitrogens with two attached hydrogens (primary N) is 1. The Hall–Kier alpha value is -1.49. The summed E-state index contributed by atoms with van der Waals surface area (Å²) in [5.41, 5.74) is 6.11. The van der Waals surface area contributed by atoms with Gasteiger partial charge in [0.25, 0.3) is 0 Å². The molecule has 0 spiro atoms. The first-order valence-electron chi connectivity index (χ1n) is 4.12. The van der Waals surface area contributed by atoms with Gasteiger partial charge < -0.3 is 10.8 Å². The average molecular weight is 197 g/mol. The minimum atomic E-state index is -1.11. The molecule has 0 amide bonds. The van der Waals surface area contributed by atoms with E-state index in [9.17, 15) is 9.18 Å². The Morgan fingerprint density at radius 3 is 3.00 bits per heavy atom. The standard InChI is InChI=1S/C9H11FN2O2/c10-5-6-2-1-3-12-8(6)4-7(11)9(13)14/h1-3,7H,4-5,11H2,(H,13,14)/i10-1. The maximum absolute atomic E-state index is 12.4. The molecule has 1 heterocycles. The second-order valence-corrected chi connectivity index (χ2v) is 2.89. The van der Waals surface area contributed by atoms with Gasteiger partial charge in [-0.05, 0) is 6.07 Å². The summed E-state index contributed by atoms with van der Waals surface area (Å²) >= 11 is 0. The van der Waals surface area contributed by atoms with Gasteiger partial charge in [-0.3, -0.25) is 9.78 Å². The lowest BCUT2D eigenvalue weighted by molar-refractivity contribution is -0.138. The Balaban J connectivity index is 2.80. The van der Waals surface area contributed by atoms with Crippen LogP contribution < -0.4 is 5.73 Å². The van der Waals surface area contributed by atoms with E-state index in [1.807, 2.05) is 0 Å². The Labute approximate surface area is 80.6 Å². The quantitative estimate of drug-likeness (QED) is 0.737. The third-order valence-corrected chi connectivity index (χ3v) is 1.86. The molecule has 1 atom stereocenters. The predicted molar refractivity (Wildman–Crippen MR) is 48.4 cm³/mol. The molecule has 1 aromatic rings. The van der Waals surface area contributed by atoms with E-state index in [0.29, 0.717) is 11.3 Å². The highest BCUT2D eigenvalue weighted by molar-refractivity contribution is 5.73. The third kappa shape index (κ3) is 2.50. The lowest BCUT2D eigenvalue weighted by Gasteiger charge is -2.08. The molecule has 0 saturated carbocycles. The molecular weight excluding hydrogens is 186 g/mol. The van der Waals surface area contributed by atoms with E-state index < -0.39 is 18.7 Å². The Kier molecular flexibility index (Phi) is 3.53. The minimum Gasteiger partial charge on any atom is -0.480 e. The van der Waals surface area contributed by atoms with Crippen LogP contribution in [0.4, 0.5) is 4.39 Å². The van der Waals surface area contributed by atoms with E-state index in [0.717, 1.165) is 0 Å². The van der Waals surface area contributed by atoms with E-state index in [4.69, 9.17) is 10.8 Å². The van der Waals surface area contributed by atoms with Gasteiger partial charge in [0.2, 0.25) is 0 Å². The van der Waals surface area contributed by atoms with Gasteiger partial charge in [0.1, 0.15) is 12.7 Å². The molecule has 3 N–H and O–H groups in total. The Bertz CT molecular complexity index is 330. The van der Waals surface area contributed by atoms with Crippen LogP contribution >= 0.6 is 0 Å². The first kappa shape index (κ1) is 10.6. The van der Waals surface area contributed by atoms with Gasteiger partial charge >= 0.3 is 5.97 Å². The number of aliphatic carboxylic acids is 1. The van der Waals surface area contributed by atoms with Crippen molar-refractivity contribution in [2.24, 2.45) is 5.73 Å². The fourth-order valence-corrected chi connectivity index (χ4v) is 1.07. The van der Waals surface area contributed by atoms with Crippen molar-refractivity contribution >= 4 is 5.97 Å². The molecule has 14 heavy (non-hydrogen) atoms. The number of nitrogens with zero attached hydrogens (tertiary/aromatic N) is 1.